The molecule has 1 unspecified atom stereocenters. The van der Waals surface area contributed by atoms with Crippen molar-refractivity contribution in [2.45, 2.75) is 38.8 Å². The van der Waals surface area contributed by atoms with E-state index in [1.165, 1.54) is 5.56 Å². The van der Waals surface area contributed by atoms with Crippen LogP contribution in [0.25, 0.3) is 0 Å². The van der Waals surface area contributed by atoms with Gasteiger partial charge in [0.15, 0.2) is 5.96 Å². The molecule has 1 aromatic rings. The van der Waals surface area contributed by atoms with Crippen molar-refractivity contribution in [3.63, 3.8) is 0 Å². The molecule has 25 heavy (non-hydrogen) atoms. The Morgan fingerprint density at radius 2 is 2.24 bits per heavy atom. The number of benzene rings is 1. The molecule has 140 valence electrons. The summed E-state index contributed by atoms with van der Waals surface area (Å²) in [6, 6.07) is 6.29. The van der Waals surface area contributed by atoms with Crippen LogP contribution >= 0.6 is 0 Å². The van der Waals surface area contributed by atoms with Crippen LogP contribution in [0.15, 0.2) is 23.2 Å². The van der Waals surface area contributed by atoms with Crippen LogP contribution in [0, 0.1) is 6.92 Å². The van der Waals surface area contributed by atoms with Gasteiger partial charge >= 0.3 is 0 Å². The molecule has 1 aromatic carbocycles. The zero-order valence-electron chi connectivity index (χ0n) is 15.6. The van der Waals surface area contributed by atoms with Crippen molar-refractivity contribution < 1.29 is 14.2 Å². The van der Waals surface area contributed by atoms with Crippen molar-refractivity contribution in [3.05, 3.63) is 29.3 Å². The molecule has 1 aliphatic heterocycles. The molecule has 0 radical (unpaired) electrons. The van der Waals surface area contributed by atoms with Gasteiger partial charge in [-0.1, -0.05) is 12.1 Å². The Bertz CT molecular complexity index is 543. The van der Waals surface area contributed by atoms with Gasteiger partial charge in [-0.2, -0.15) is 0 Å². The van der Waals surface area contributed by atoms with Crippen LogP contribution in [-0.2, 0) is 16.0 Å². The Hall–Kier alpha value is -1.79. The maximum atomic E-state index is 6.04. The van der Waals surface area contributed by atoms with Gasteiger partial charge < -0.3 is 24.8 Å². The standard InChI is InChI=1S/C19H31N3O3/c1-15-7-8-16(13-22-19(20-2)21-9-5-10-23-3)18(12-15)25-14-17-6-4-11-24-17/h7-8,12,17H,4-6,9-11,13-14H2,1-3H3,(H2,20,21,22). The van der Waals surface area contributed by atoms with Gasteiger partial charge in [0.05, 0.1) is 6.10 Å². The van der Waals surface area contributed by atoms with E-state index in [0.29, 0.717) is 13.2 Å². The lowest BCUT2D eigenvalue weighted by atomic mass is 10.1. The van der Waals surface area contributed by atoms with E-state index >= 15 is 0 Å². The zero-order chi connectivity index (χ0) is 17.9. The predicted molar refractivity (Wildman–Crippen MR) is 100 cm³/mol. The van der Waals surface area contributed by atoms with Gasteiger partial charge in [0.25, 0.3) is 0 Å². The fraction of sp³-hybridized carbons (Fsp3) is 0.632. The van der Waals surface area contributed by atoms with Crippen LogP contribution in [0.2, 0.25) is 0 Å². The summed E-state index contributed by atoms with van der Waals surface area (Å²) in [5.74, 6) is 1.69. The van der Waals surface area contributed by atoms with Crippen LogP contribution < -0.4 is 15.4 Å². The highest BCUT2D eigenvalue weighted by Crippen LogP contribution is 2.22. The highest BCUT2D eigenvalue weighted by Gasteiger charge is 2.17. The molecule has 1 saturated heterocycles. The lowest BCUT2D eigenvalue weighted by molar-refractivity contribution is 0.0676. The second-order valence-corrected chi connectivity index (χ2v) is 6.26. The van der Waals surface area contributed by atoms with Crippen LogP contribution in [-0.4, -0.2) is 52.6 Å². The number of hydrogen-bond donors (Lipinski definition) is 2. The van der Waals surface area contributed by atoms with Crippen LogP contribution in [0.5, 0.6) is 5.75 Å². The average Bonchev–Trinajstić information content (AvgIpc) is 3.14. The number of nitrogens with one attached hydrogen (secondary N) is 2. The van der Waals surface area contributed by atoms with Crippen molar-refractivity contribution in [2.24, 2.45) is 4.99 Å². The first-order valence-electron chi connectivity index (χ1n) is 9.00. The van der Waals surface area contributed by atoms with E-state index in [2.05, 4.69) is 40.7 Å². The molecule has 0 bridgehead atoms. The van der Waals surface area contributed by atoms with E-state index in [4.69, 9.17) is 14.2 Å². The van der Waals surface area contributed by atoms with Crippen molar-refractivity contribution >= 4 is 5.96 Å². The first-order chi connectivity index (χ1) is 12.2. The number of aliphatic imine (C=N–C) groups is 1. The second kappa shape index (κ2) is 10.9. The summed E-state index contributed by atoms with van der Waals surface area (Å²) in [6.45, 7) is 5.76. The Kier molecular flexibility index (Phi) is 8.55. The summed E-state index contributed by atoms with van der Waals surface area (Å²) in [5, 5.41) is 6.62. The zero-order valence-corrected chi connectivity index (χ0v) is 15.6. The number of ether oxygens (including phenoxy) is 3. The normalized spacial score (nSPS) is 17.6. The molecule has 6 nitrogen and oxygen atoms in total. The molecule has 0 saturated carbocycles. The lowest BCUT2D eigenvalue weighted by Crippen LogP contribution is -2.37. The van der Waals surface area contributed by atoms with Crippen LogP contribution in [0.1, 0.15) is 30.4 Å². The highest BCUT2D eigenvalue weighted by molar-refractivity contribution is 5.79. The molecular weight excluding hydrogens is 318 g/mol. The highest BCUT2D eigenvalue weighted by atomic mass is 16.5. The summed E-state index contributed by atoms with van der Waals surface area (Å²) in [4.78, 5) is 4.25. The molecule has 1 atom stereocenters. The molecule has 0 spiro atoms. The van der Waals surface area contributed by atoms with Gasteiger partial charge in [-0.15, -0.1) is 0 Å². The van der Waals surface area contributed by atoms with Crippen molar-refractivity contribution in [2.75, 3.05) is 40.5 Å². The fourth-order valence-corrected chi connectivity index (χ4v) is 2.72. The van der Waals surface area contributed by atoms with Crippen molar-refractivity contribution in [1.29, 1.82) is 0 Å². The largest absolute Gasteiger partial charge is 0.491 e. The molecule has 1 heterocycles. The SMILES string of the molecule is CN=C(NCCCOC)NCc1ccc(C)cc1OCC1CCCO1. The topological polar surface area (TPSA) is 64.1 Å². The Morgan fingerprint density at radius 1 is 1.36 bits per heavy atom. The Balaban J connectivity index is 1.86. The van der Waals surface area contributed by atoms with E-state index in [9.17, 15) is 0 Å². The number of aryl methyl sites for hydroxylation is 1. The van der Waals surface area contributed by atoms with E-state index in [1.54, 1.807) is 14.2 Å². The quantitative estimate of drug-likeness (QED) is 0.407. The molecule has 6 heteroatoms. The number of rotatable bonds is 9. The minimum Gasteiger partial charge on any atom is -0.491 e. The Morgan fingerprint density at radius 3 is 2.96 bits per heavy atom. The average molecular weight is 349 g/mol. The van der Waals surface area contributed by atoms with Gasteiger partial charge in [0.1, 0.15) is 12.4 Å². The molecule has 2 rings (SSSR count). The third-order valence-electron chi connectivity index (χ3n) is 4.16. The van der Waals surface area contributed by atoms with Gasteiger partial charge in [-0.25, -0.2) is 0 Å². The van der Waals surface area contributed by atoms with Gasteiger partial charge in [0.2, 0.25) is 0 Å². The molecule has 0 amide bonds. The molecule has 1 aliphatic rings. The molecule has 1 fully saturated rings. The predicted octanol–water partition coefficient (Wildman–Crippen LogP) is 2.25. The van der Waals surface area contributed by atoms with Crippen LogP contribution in [0.3, 0.4) is 0 Å². The molecule has 0 aromatic heterocycles. The maximum absolute atomic E-state index is 6.04. The third kappa shape index (κ3) is 6.92. The van der Waals surface area contributed by atoms with E-state index in [-0.39, 0.29) is 6.10 Å². The lowest BCUT2D eigenvalue weighted by Gasteiger charge is -2.17. The second-order valence-electron chi connectivity index (χ2n) is 6.26. The maximum Gasteiger partial charge on any atom is 0.191 e. The minimum atomic E-state index is 0.219. The monoisotopic (exact) mass is 349 g/mol. The summed E-state index contributed by atoms with van der Waals surface area (Å²) in [7, 11) is 3.48. The first kappa shape index (κ1) is 19.5. The molecule has 2 N–H and O–H groups in total. The van der Waals surface area contributed by atoms with Gasteiger partial charge in [-0.05, 0) is 37.8 Å². The Labute approximate surface area is 151 Å². The number of guanidine groups is 1. The first-order valence-corrected chi connectivity index (χ1v) is 9.00. The van der Waals surface area contributed by atoms with Gasteiger partial charge in [-0.3, -0.25) is 4.99 Å². The summed E-state index contributed by atoms with van der Waals surface area (Å²) in [6.07, 6.45) is 3.37. The van der Waals surface area contributed by atoms with E-state index < -0.39 is 0 Å². The van der Waals surface area contributed by atoms with Gasteiger partial charge in [0, 0.05) is 46.0 Å². The smallest absolute Gasteiger partial charge is 0.191 e. The van der Waals surface area contributed by atoms with Crippen molar-refractivity contribution in [1.82, 2.24) is 10.6 Å². The fourth-order valence-electron chi connectivity index (χ4n) is 2.72. The van der Waals surface area contributed by atoms with Crippen LogP contribution in [0.4, 0.5) is 0 Å². The third-order valence-corrected chi connectivity index (χ3v) is 4.16. The number of methoxy groups -OCH3 is 1. The summed E-state index contributed by atoms with van der Waals surface area (Å²) >= 11 is 0. The molecule has 0 aliphatic carbocycles. The van der Waals surface area contributed by atoms with E-state index in [1.807, 2.05) is 0 Å². The van der Waals surface area contributed by atoms with Crippen molar-refractivity contribution in [3.8, 4) is 5.75 Å². The number of nitrogens with zero attached hydrogens (tertiary/aromatic N) is 1. The minimum absolute atomic E-state index is 0.219. The number of hydrogen-bond acceptors (Lipinski definition) is 4. The molecular formula is C19H31N3O3. The summed E-state index contributed by atoms with van der Waals surface area (Å²) < 4.78 is 16.7. The summed E-state index contributed by atoms with van der Waals surface area (Å²) in [5.41, 5.74) is 2.30. The van der Waals surface area contributed by atoms with E-state index in [0.717, 1.165) is 56.3 Å².